The molecule has 2 heterocycles. The van der Waals surface area contributed by atoms with Crippen molar-refractivity contribution in [1.82, 2.24) is 20.2 Å². The van der Waals surface area contributed by atoms with Gasteiger partial charge in [-0.05, 0) is 24.3 Å². The summed E-state index contributed by atoms with van der Waals surface area (Å²) in [5.41, 5.74) is 2.18. The summed E-state index contributed by atoms with van der Waals surface area (Å²) in [5.74, 6) is 0.794. The molecule has 2 N–H and O–H groups in total. The van der Waals surface area contributed by atoms with Crippen LogP contribution in [0.3, 0.4) is 0 Å². The number of benzene rings is 2. The summed E-state index contributed by atoms with van der Waals surface area (Å²) in [6.45, 7) is 0. The van der Waals surface area contributed by atoms with Crippen LogP contribution in [-0.4, -0.2) is 20.2 Å². The number of rotatable bonds is 4. The first-order valence-corrected chi connectivity index (χ1v) is 8.48. The van der Waals surface area contributed by atoms with Crippen molar-refractivity contribution in [3.05, 3.63) is 71.0 Å². The smallest absolute Gasteiger partial charge is 0.249 e. The number of nitrogens with one attached hydrogen (secondary N) is 2. The Bertz CT molecular complexity index is 1060. The summed E-state index contributed by atoms with van der Waals surface area (Å²) in [6.07, 6.45) is 3.23. The molecule has 0 atom stereocenters. The molecule has 0 aliphatic heterocycles. The Kier molecular flexibility index (Phi) is 4.51. The third-order valence-corrected chi connectivity index (χ3v) is 4.28. The molecule has 128 valence electrons. The first kappa shape index (κ1) is 16.5. The van der Waals surface area contributed by atoms with Crippen LogP contribution in [0, 0.1) is 0 Å². The number of pyridine rings is 1. The molecule has 4 aromatic rings. The lowest BCUT2D eigenvalue weighted by molar-refractivity contribution is 0.983. The molecule has 0 unspecified atom stereocenters. The average Bonchev–Trinajstić information content (AvgIpc) is 2.66. The molecule has 0 aliphatic carbocycles. The predicted octanol–water partition coefficient (Wildman–Crippen LogP) is 5.21. The van der Waals surface area contributed by atoms with Gasteiger partial charge in [-0.25, -0.2) is 0 Å². The molecule has 2 aromatic carbocycles. The molecular formula is C18H12Cl2N6. The van der Waals surface area contributed by atoms with Crippen LogP contribution in [-0.2, 0) is 0 Å². The van der Waals surface area contributed by atoms with Crippen LogP contribution in [0.1, 0.15) is 0 Å². The number of halogens is 2. The van der Waals surface area contributed by atoms with Crippen molar-refractivity contribution in [3.8, 4) is 0 Å². The van der Waals surface area contributed by atoms with Crippen molar-refractivity contribution in [2.45, 2.75) is 0 Å². The number of nitrogens with zero attached hydrogens (tertiary/aromatic N) is 4. The fourth-order valence-corrected chi connectivity index (χ4v) is 2.98. The Labute approximate surface area is 159 Å². The van der Waals surface area contributed by atoms with Gasteiger partial charge in [-0.1, -0.05) is 47.5 Å². The van der Waals surface area contributed by atoms with Gasteiger partial charge < -0.3 is 10.6 Å². The maximum Gasteiger partial charge on any atom is 0.249 e. The summed E-state index contributed by atoms with van der Waals surface area (Å²) >= 11 is 12.4. The summed E-state index contributed by atoms with van der Waals surface area (Å²) in [5, 5.41) is 16.2. The lowest BCUT2D eigenvalue weighted by Gasteiger charge is -2.11. The Balaban J connectivity index is 1.64. The maximum absolute atomic E-state index is 6.18. The molecule has 0 radical (unpaired) electrons. The van der Waals surface area contributed by atoms with Gasteiger partial charge in [-0.3, -0.25) is 4.98 Å². The van der Waals surface area contributed by atoms with Crippen LogP contribution in [0.5, 0.6) is 0 Å². The van der Waals surface area contributed by atoms with E-state index >= 15 is 0 Å². The van der Waals surface area contributed by atoms with Gasteiger partial charge in [0.05, 0.1) is 33.1 Å². The summed E-state index contributed by atoms with van der Waals surface area (Å²) in [7, 11) is 0. The van der Waals surface area contributed by atoms with Crippen LogP contribution in [0.2, 0.25) is 10.0 Å². The second-order valence-corrected chi connectivity index (χ2v) is 6.21. The van der Waals surface area contributed by atoms with E-state index in [0.29, 0.717) is 27.5 Å². The SMILES string of the molecule is Clc1cccc(Cl)c1Nc1cnnc(Nc2cccc3cccnc23)n1. The average molecular weight is 383 g/mol. The summed E-state index contributed by atoms with van der Waals surface area (Å²) < 4.78 is 0. The van der Waals surface area contributed by atoms with E-state index in [0.717, 1.165) is 16.6 Å². The first-order valence-electron chi connectivity index (χ1n) is 7.72. The molecule has 0 saturated heterocycles. The van der Waals surface area contributed by atoms with Gasteiger partial charge in [0.25, 0.3) is 0 Å². The van der Waals surface area contributed by atoms with Gasteiger partial charge in [0.15, 0.2) is 5.82 Å². The molecule has 0 bridgehead atoms. The largest absolute Gasteiger partial charge is 0.336 e. The molecule has 8 heteroatoms. The van der Waals surface area contributed by atoms with E-state index in [9.17, 15) is 0 Å². The predicted molar refractivity (Wildman–Crippen MR) is 105 cm³/mol. The Morgan fingerprint density at radius 2 is 1.62 bits per heavy atom. The summed E-state index contributed by atoms with van der Waals surface area (Å²) in [4.78, 5) is 8.81. The van der Waals surface area contributed by atoms with E-state index in [1.807, 2.05) is 30.3 Å². The second kappa shape index (κ2) is 7.11. The van der Waals surface area contributed by atoms with E-state index < -0.39 is 0 Å². The molecule has 0 spiro atoms. The van der Waals surface area contributed by atoms with E-state index in [-0.39, 0.29) is 0 Å². The minimum Gasteiger partial charge on any atom is -0.336 e. The highest BCUT2D eigenvalue weighted by Gasteiger charge is 2.09. The fraction of sp³-hybridized carbons (Fsp3) is 0. The normalized spacial score (nSPS) is 10.7. The topological polar surface area (TPSA) is 75.6 Å². The highest BCUT2D eigenvalue weighted by molar-refractivity contribution is 6.39. The highest BCUT2D eigenvalue weighted by Crippen LogP contribution is 2.32. The Hall–Kier alpha value is -2.96. The van der Waals surface area contributed by atoms with Crippen molar-refractivity contribution in [2.75, 3.05) is 10.6 Å². The van der Waals surface area contributed by atoms with Crippen LogP contribution < -0.4 is 10.6 Å². The van der Waals surface area contributed by atoms with Gasteiger partial charge in [-0.2, -0.15) is 10.1 Å². The highest BCUT2D eigenvalue weighted by atomic mass is 35.5. The third kappa shape index (κ3) is 3.37. The third-order valence-electron chi connectivity index (χ3n) is 3.65. The zero-order valence-corrected chi connectivity index (χ0v) is 14.8. The van der Waals surface area contributed by atoms with Gasteiger partial charge in [0.2, 0.25) is 5.95 Å². The maximum atomic E-state index is 6.18. The molecule has 6 nitrogen and oxygen atoms in total. The van der Waals surface area contributed by atoms with Crippen molar-refractivity contribution in [2.24, 2.45) is 0 Å². The molecule has 4 rings (SSSR count). The number of aromatic nitrogens is 4. The standard InChI is InChI=1S/C18H12Cl2N6/c19-12-6-2-7-13(20)17(12)24-15-10-22-26-18(25-15)23-14-8-1-4-11-5-3-9-21-16(11)14/h1-10H,(H2,23,24,25,26). The van der Waals surface area contributed by atoms with Crippen LogP contribution in [0.4, 0.5) is 23.1 Å². The zero-order valence-electron chi connectivity index (χ0n) is 13.3. The number of para-hydroxylation sites is 2. The molecule has 0 amide bonds. The monoisotopic (exact) mass is 382 g/mol. The minimum atomic E-state index is 0.330. The number of anilines is 4. The quantitative estimate of drug-likeness (QED) is 0.504. The van der Waals surface area contributed by atoms with Crippen LogP contribution >= 0.6 is 23.2 Å². The molecule has 0 fully saturated rings. The van der Waals surface area contributed by atoms with Crippen molar-refractivity contribution >= 4 is 57.2 Å². The molecular weight excluding hydrogens is 371 g/mol. The molecule has 26 heavy (non-hydrogen) atoms. The van der Waals surface area contributed by atoms with Crippen molar-refractivity contribution in [1.29, 1.82) is 0 Å². The Morgan fingerprint density at radius 3 is 2.46 bits per heavy atom. The van der Waals surface area contributed by atoms with Crippen LogP contribution in [0.25, 0.3) is 10.9 Å². The van der Waals surface area contributed by atoms with Gasteiger partial charge in [0.1, 0.15) is 0 Å². The van der Waals surface area contributed by atoms with E-state index in [2.05, 4.69) is 30.8 Å². The van der Waals surface area contributed by atoms with Gasteiger partial charge >= 0.3 is 0 Å². The fourth-order valence-electron chi connectivity index (χ4n) is 2.49. The number of hydrogen-bond acceptors (Lipinski definition) is 6. The zero-order chi connectivity index (χ0) is 17.9. The van der Waals surface area contributed by atoms with E-state index in [1.165, 1.54) is 6.20 Å². The van der Waals surface area contributed by atoms with Gasteiger partial charge in [0, 0.05) is 11.6 Å². The molecule has 0 aliphatic rings. The van der Waals surface area contributed by atoms with Gasteiger partial charge in [-0.15, -0.1) is 5.10 Å². The first-order chi connectivity index (χ1) is 12.7. The number of fused-ring (bicyclic) bond motifs is 1. The molecule has 0 saturated carbocycles. The summed E-state index contributed by atoms with van der Waals surface area (Å²) in [6, 6.07) is 15.0. The van der Waals surface area contributed by atoms with E-state index in [1.54, 1.807) is 24.4 Å². The lowest BCUT2D eigenvalue weighted by atomic mass is 10.2. The Morgan fingerprint density at radius 1 is 0.846 bits per heavy atom. The van der Waals surface area contributed by atoms with E-state index in [4.69, 9.17) is 23.2 Å². The minimum absolute atomic E-state index is 0.330. The van der Waals surface area contributed by atoms with Crippen molar-refractivity contribution in [3.63, 3.8) is 0 Å². The molecule has 2 aromatic heterocycles. The van der Waals surface area contributed by atoms with Crippen molar-refractivity contribution < 1.29 is 0 Å². The lowest BCUT2D eigenvalue weighted by Crippen LogP contribution is -2.03. The second-order valence-electron chi connectivity index (χ2n) is 5.39. The van der Waals surface area contributed by atoms with Crippen LogP contribution in [0.15, 0.2) is 60.9 Å². The number of hydrogen-bond donors (Lipinski definition) is 2.